The van der Waals surface area contributed by atoms with Gasteiger partial charge < -0.3 is 9.80 Å². The second kappa shape index (κ2) is 14.7. The van der Waals surface area contributed by atoms with Gasteiger partial charge in [0.1, 0.15) is 0 Å². The first kappa shape index (κ1) is 40.7. The lowest BCUT2D eigenvalue weighted by Gasteiger charge is -2.51. The lowest BCUT2D eigenvalue weighted by Crippen LogP contribution is -2.63. The Bertz CT molecular complexity index is 2750. The molecule has 1 aliphatic rings. The van der Waals surface area contributed by atoms with Crippen molar-refractivity contribution in [2.75, 3.05) is 9.80 Å². The Balaban J connectivity index is 1.25. The van der Waals surface area contributed by atoms with Crippen molar-refractivity contribution in [3.8, 4) is 11.1 Å². The SMILES string of the molecule is Cc1cc(N(c2ccccc2)c2ccc3cc4c(cc3c2)C([Si](C)(C)C)([Si](C)(C)C)c2cc3cc(N(c5ccccc5)c5cc(C)c(C)c(C)c5)ccc3cc2-4)cc(C)c1C. The number of anilines is 6. The Kier molecular flexibility index (Phi) is 9.84. The van der Waals surface area contributed by atoms with E-state index in [0.717, 1.165) is 0 Å². The standard InChI is InChI=1S/C57H60N2Si2/c1-37-27-51(28-38(2)41(37)5)58(47-19-15-13-16-20-47)49-25-23-43-33-53-54-34-44-24-26-50(59(48-21-17-14-18-22-48)52-29-39(3)42(6)40(4)30-52)32-46(44)36-56(54)57(60(7,8)9,61(10,11)12)55(53)35-45(43)31-49/h13-36H,1-12H3. The molecule has 8 aromatic carbocycles. The maximum absolute atomic E-state index is 2.63. The third-order valence-corrected chi connectivity index (χ3v) is 24.2. The normalized spacial score (nSPS) is 13.4. The van der Waals surface area contributed by atoms with Crippen LogP contribution >= 0.6 is 0 Å². The van der Waals surface area contributed by atoms with Gasteiger partial charge in [-0.3, -0.25) is 0 Å². The second-order valence-electron chi connectivity index (χ2n) is 19.9. The van der Waals surface area contributed by atoms with Crippen LogP contribution in [-0.2, 0) is 4.66 Å². The highest BCUT2D eigenvalue weighted by molar-refractivity contribution is 6.99. The van der Waals surface area contributed by atoms with E-state index < -0.39 is 16.1 Å². The van der Waals surface area contributed by atoms with Crippen molar-refractivity contribution in [1.29, 1.82) is 0 Å². The molecular weight excluding hydrogens is 769 g/mol. The highest BCUT2D eigenvalue weighted by Gasteiger charge is 2.59. The summed E-state index contributed by atoms with van der Waals surface area (Å²) in [6, 6.07) is 55.7. The molecule has 4 heteroatoms. The minimum absolute atomic E-state index is 0.00630. The van der Waals surface area contributed by atoms with Crippen molar-refractivity contribution < 1.29 is 0 Å². The van der Waals surface area contributed by atoms with Gasteiger partial charge in [0.2, 0.25) is 0 Å². The number of fused-ring (bicyclic) bond motifs is 5. The lowest BCUT2D eigenvalue weighted by atomic mass is 9.97. The number of rotatable bonds is 8. The monoisotopic (exact) mass is 828 g/mol. The van der Waals surface area contributed by atoms with Gasteiger partial charge in [-0.15, -0.1) is 0 Å². The van der Waals surface area contributed by atoms with Crippen molar-refractivity contribution in [3.05, 3.63) is 190 Å². The highest BCUT2D eigenvalue weighted by atomic mass is 28.4. The molecule has 0 atom stereocenters. The van der Waals surface area contributed by atoms with Crippen molar-refractivity contribution in [1.82, 2.24) is 0 Å². The molecule has 0 saturated heterocycles. The topological polar surface area (TPSA) is 6.48 Å². The quantitative estimate of drug-likeness (QED) is 0.141. The van der Waals surface area contributed by atoms with Gasteiger partial charge in [-0.2, -0.15) is 0 Å². The molecule has 0 spiro atoms. The average Bonchev–Trinajstić information content (AvgIpc) is 3.50. The molecule has 0 aromatic heterocycles. The van der Waals surface area contributed by atoms with Crippen molar-refractivity contribution in [2.24, 2.45) is 0 Å². The smallest absolute Gasteiger partial charge is 0.0579 e. The fourth-order valence-corrected chi connectivity index (χ4v) is 24.2. The highest BCUT2D eigenvalue weighted by Crippen LogP contribution is 2.59. The third kappa shape index (κ3) is 6.58. The van der Waals surface area contributed by atoms with Crippen LogP contribution in [0.2, 0.25) is 39.3 Å². The predicted octanol–water partition coefficient (Wildman–Crippen LogP) is 16.8. The predicted molar refractivity (Wildman–Crippen MR) is 272 cm³/mol. The number of hydrogen-bond donors (Lipinski definition) is 0. The average molecular weight is 829 g/mol. The number of hydrogen-bond acceptors (Lipinski definition) is 2. The minimum Gasteiger partial charge on any atom is -0.310 e. The number of nitrogens with zero attached hydrogens (tertiary/aromatic N) is 2. The number of para-hydroxylation sites is 2. The van der Waals surface area contributed by atoms with Crippen LogP contribution in [-0.4, -0.2) is 16.1 Å². The van der Waals surface area contributed by atoms with Crippen LogP contribution in [0.5, 0.6) is 0 Å². The van der Waals surface area contributed by atoms with Gasteiger partial charge in [-0.05, 0) is 204 Å². The second-order valence-corrected chi connectivity index (χ2v) is 30.9. The van der Waals surface area contributed by atoms with Crippen LogP contribution in [0.4, 0.5) is 34.1 Å². The Hall–Kier alpha value is -5.69. The van der Waals surface area contributed by atoms with E-state index in [2.05, 4.69) is 236 Å². The number of aryl methyl sites for hydroxylation is 4. The van der Waals surface area contributed by atoms with Gasteiger partial charge in [0, 0.05) is 38.8 Å². The zero-order valence-corrected chi connectivity index (χ0v) is 40.3. The van der Waals surface area contributed by atoms with Crippen LogP contribution < -0.4 is 9.80 Å². The van der Waals surface area contributed by atoms with Gasteiger partial charge in [-0.25, -0.2) is 0 Å². The first-order chi connectivity index (χ1) is 29.0. The zero-order valence-electron chi connectivity index (χ0n) is 38.3. The van der Waals surface area contributed by atoms with E-state index in [-0.39, 0.29) is 4.66 Å². The van der Waals surface area contributed by atoms with Gasteiger partial charge in [0.05, 0.1) is 16.1 Å². The maximum Gasteiger partial charge on any atom is 0.0579 e. The van der Waals surface area contributed by atoms with Crippen molar-refractivity contribution in [3.63, 3.8) is 0 Å². The molecule has 0 amide bonds. The largest absolute Gasteiger partial charge is 0.310 e. The lowest BCUT2D eigenvalue weighted by molar-refractivity contribution is 0.956. The van der Waals surface area contributed by atoms with Crippen LogP contribution in [0, 0.1) is 41.5 Å². The summed E-state index contributed by atoms with van der Waals surface area (Å²) >= 11 is 0. The molecule has 0 bridgehead atoms. The van der Waals surface area contributed by atoms with E-state index in [1.165, 1.54) is 100 Å². The molecule has 0 fully saturated rings. The van der Waals surface area contributed by atoms with Crippen LogP contribution in [0.3, 0.4) is 0 Å². The van der Waals surface area contributed by atoms with E-state index in [1.54, 1.807) is 11.1 Å². The number of benzene rings is 8. The fourth-order valence-electron chi connectivity index (χ4n) is 11.1. The van der Waals surface area contributed by atoms with E-state index in [1.807, 2.05) is 0 Å². The third-order valence-electron chi connectivity index (χ3n) is 14.2. The molecule has 0 N–H and O–H groups in total. The summed E-state index contributed by atoms with van der Waals surface area (Å²) in [5, 5.41) is 5.19. The van der Waals surface area contributed by atoms with E-state index in [4.69, 9.17) is 0 Å². The molecule has 0 heterocycles. The molecular formula is C57H60N2Si2. The van der Waals surface area contributed by atoms with E-state index >= 15 is 0 Å². The van der Waals surface area contributed by atoms with Crippen molar-refractivity contribution in [2.45, 2.75) is 85.5 Å². The zero-order chi connectivity index (χ0) is 43.2. The molecule has 8 aromatic rings. The van der Waals surface area contributed by atoms with E-state index in [0.29, 0.717) is 0 Å². The summed E-state index contributed by atoms with van der Waals surface area (Å²) < 4.78 is -0.00630. The summed E-state index contributed by atoms with van der Waals surface area (Å²) in [7, 11) is -3.93. The fraction of sp³-hybridized carbons (Fsp3) is 0.228. The Morgan fingerprint density at radius 3 is 1.00 bits per heavy atom. The summed E-state index contributed by atoms with van der Waals surface area (Å²) in [6.45, 7) is 29.2. The van der Waals surface area contributed by atoms with Gasteiger partial charge in [0.25, 0.3) is 0 Å². The molecule has 306 valence electrons. The first-order valence-corrected chi connectivity index (χ1v) is 29.0. The molecule has 0 radical (unpaired) electrons. The Labute approximate surface area is 366 Å². The maximum atomic E-state index is 2.63. The minimum atomic E-state index is -1.96. The van der Waals surface area contributed by atoms with Crippen LogP contribution in [0.1, 0.15) is 44.5 Å². The molecule has 0 aliphatic heterocycles. The first-order valence-electron chi connectivity index (χ1n) is 22.0. The van der Waals surface area contributed by atoms with Crippen LogP contribution in [0.25, 0.3) is 32.7 Å². The molecule has 2 nitrogen and oxygen atoms in total. The summed E-state index contributed by atoms with van der Waals surface area (Å²) in [5.74, 6) is 0. The van der Waals surface area contributed by atoms with E-state index in [9.17, 15) is 0 Å². The van der Waals surface area contributed by atoms with Gasteiger partial charge in [-0.1, -0.05) is 99.9 Å². The molecule has 9 rings (SSSR count). The molecule has 61 heavy (non-hydrogen) atoms. The Morgan fingerprint density at radius 1 is 0.328 bits per heavy atom. The van der Waals surface area contributed by atoms with Crippen LogP contribution in [0.15, 0.2) is 146 Å². The van der Waals surface area contributed by atoms with Gasteiger partial charge in [0.15, 0.2) is 0 Å². The van der Waals surface area contributed by atoms with Crippen molar-refractivity contribution >= 4 is 71.8 Å². The molecule has 0 saturated carbocycles. The summed E-state index contributed by atoms with van der Waals surface area (Å²) in [5.41, 5.74) is 21.0. The Morgan fingerprint density at radius 2 is 0.672 bits per heavy atom. The molecule has 1 aliphatic carbocycles. The molecule has 0 unspecified atom stereocenters. The summed E-state index contributed by atoms with van der Waals surface area (Å²) in [6.07, 6.45) is 0. The van der Waals surface area contributed by atoms with Gasteiger partial charge >= 0.3 is 0 Å². The summed E-state index contributed by atoms with van der Waals surface area (Å²) in [4.78, 5) is 4.88.